The van der Waals surface area contributed by atoms with E-state index in [-0.39, 0.29) is 11.5 Å². The van der Waals surface area contributed by atoms with Gasteiger partial charge in [0.05, 0.1) is 31.4 Å². The summed E-state index contributed by atoms with van der Waals surface area (Å²) in [6.45, 7) is 0. The predicted octanol–water partition coefficient (Wildman–Crippen LogP) is 2.53. The van der Waals surface area contributed by atoms with E-state index in [2.05, 4.69) is 36.1 Å². The van der Waals surface area contributed by atoms with E-state index in [9.17, 15) is 9.59 Å². The van der Waals surface area contributed by atoms with Crippen LogP contribution in [0.4, 0.5) is 5.69 Å². The summed E-state index contributed by atoms with van der Waals surface area (Å²) in [6, 6.07) is 6.97. The van der Waals surface area contributed by atoms with Crippen molar-refractivity contribution in [3.8, 4) is 0 Å². The number of rotatable bonds is 3. The van der Waals surface area contributed by atoms with Crippen LogP contribution in [0.2, 0.25) is 0 Å². The summed E-state index contributed by atoms with van der Waals surface area (Å²) in [7, 11) is 1.29. The number of esters is 1. The minimum absolute atomic E-state index is 0.262. The molecule has 1 N–H and O–H groups in total. The average molecular weight is 375 g/mol. The van der Waals surface area contributed by atoms with Crippen molar-refractivity contribution >= 4 is 39.1 Å². The summed E-state index contributed by atoms with van der Waals surface area (Å²) in [5.41, 5.74) is 1.60. The minimum atomic E-state index is -0.515. The fourth-order valence-corrected chi connectivity index (χ4v) is 2.26. The SMILES string of the molecule is COC(=O)c1cnn2cc(NC(=O)c3ccc(Br)cc3)cnc12. The smallest absolute Gasteiger partial charge is 0.343 e. The van der Waals surface area contributed by atoms with Crippen LogP contribution < -0.4 is 5.32 Å². The van der Waals surface area contributed by atoms with Crippen molar-refractivity contribution in [2.75, 3.05) is 12.4 Å². The van der Waals surface area contributed by atoms with E-state index < -0.39 is 5.97 Å². The molecule has 23 heavy (non-hydrogen) atoms. The zero-order valence-corrected chi connectivity index (χ0v) is 13.6. The third-order valence-electron chi connectivity index (χ3n) is 3.13. The number of carbonyl (C=O) groups excluding carboxylic acids is 2. The Morgan fingerprint density at radius 2 is 1.96 bits per heavy atom. The minimum Gasteiger partial charge on any atom is -0.465 e. The molecule has 0 fully saturated rings. The summed E-state index contributed by atoms with van der Waals surface area (Å²) in [5, 5.41) is 6.76. The molecule has 1 aromatic carbocycles. The number of aromatic nitrogens is 3. The number of nitrogens with one attached hydrogen (secondary N) is 1. The molecule has 0 spiro atoms. The van der Waals surface area contributed by atoms with Gasteiger partial charge in [0.25, 0.3) is 5.91 Å². The van der Waals surface area contributed by atoms with E-state index >= 15 is 0 Å². The molecule has 2 aromatic heterocycles. The summed E-state index contributed by atoms with van der Waals surface area (Å²) in [6.07, 6.45) is 4.40. The van der Waals surface area contributed by atoms with Crippen molar-refractivity contribution in [1.82, 2.24) is 14.6 Å². The highest BCUT2D eigenvalue weighted by molar-refractivity contribution is 9.10. The van der Waals surface area contributed by atoms with Crippen molar-refractivity contribution in [2.24, 2.45) is 0 Å². The average Bonchev–Trinajstić information content (AvgIpc) is 2.98. The molecule has 7 nitrogen and oxygen atoms in total. The standard InChI is InChI=1S/C15H11BrN4O3/c1-23-15(22)12-7-18-20-8-11(6-17-13(12)20)19-14(21)9-2-4-10(16)5-3-9/h2-8H,1H3,(H,19,21). The molecule has 8 heteroatoms. The van der Waals surface area contributed by atoms with Crippen LogP contribution in [-0.4, -0.2) is 33.6 Å². The van der Waals surface area contributed by atoms with Gasteiger partial charge >= 0.3 is 5.97 Å². The van der Waals surface area contributed by atoms with E-state index in [0.29, 0.717) is 16.9 Å². The lowest BCUT2D eigenvalue weighted by Crippen LogP contribution is -2.12. The fourth-order valence-electron chi connectivity index (χ4n) is 2.00. The molecule has 0 unspecified atom stereocenters. The number of halogens is 1. The summed E-state index contributed by atoms with van der Waals surface area (Å²) >= 11 is 3.32. The van der Waals surface area contributed by atoms with E-state index in [0.717, 1.165) is 4.47 Å². The predicted molar refractivity (Wildman–Crippen MR) is 86.4 cm³/mol. The monoisotopic (exact) mass is 374 g/mol. The molecule has 3 aromatic rings. The Bertz CT molecular complexity index is 889. The van der Waals surface area contributed by atoms with Crippen LogP contribution in [0.3, 0.4) is 0 Å². The number of fused-ring (bicyclic) bond motifs is 1. The molecular weight excluding hydrogens is 364 g/mol. The molecular formula is C15H11BrN4O3. The number of methoxy groups -OCH3 is 1. The van der Waals surface area contributed by atoms with Gasteiger partial charge in [0.15, 0.2) is 5.65 Å². The Labute approximate surface area is 139 Å². The first kappa shape index (κ1) is 15.2. The maximum atomic E-state index is 12.2. The van der Waals surface area contributed by atoms with E-state index in [1.807, 2.05) is 0 Å². The largest absolute Gasteiger partial charge is 0.465 e. The highest BCUT2D eigenvalue weighted by Crippen LogP contribution is 2.15. The van der Waals surface area contributed by atoms with E-state index in [4.69, 9.17) is 0 Å². The van der Waals surface area contributed by atoms with Crippen LogP contribution in [0.5, 0.6) is 0 Å². The van der Waals surface area contributed by atoms with E-state index in [1.54, 1.807) is 30.5 Å². The molecule has 0 aliphatic heterocycles. The quantitative estimate of drug-likeness (QED) is 0.711. The normalized spacial score (nSPS) is 10.5. The van der Waals surface area contributed by atoms with Crippen LogP contribution in [0.15, 0.2) is 47.3 Å². The van der Waals surface area contributed by atoms with Crippen LogP contribution in [0, 0.1) is 0 Å². The molecule has 116 valence electrons. The lowest BCUT2D eigenvalue weighted by atomic mass is 10.2. The molecule has 3 rings (SSSR count). The van der Waals surface area contributed by atoms with Crippen LogP contribution in [0.25, 0.3) is 5.65 Å². The first-order valence-electron chi connectivity index (χ1n) is 6.57. The van der Waals surface area contributed by atoms with Gasteiger partial charge in [-0.3, -0.25) is 4.79 Å². The van der Waals surface area contributed by atoms with Gasteiger partial charge < -0.3 is 10.1 Å². The van der Waals surface area contributed by atoms with Gasteiger partial charge in [-0.15, -0.1) is 0 Å². The van der Waals surface area contributed by atoms with Crippen molar-refractivity contribution in [1.29, 1.82) is 0 Å². The second kappa shape index (κ2) is 6.17. The Kier molecular flexibility index (Phi) is 4.07. The highest BCUT2D eigenvalue weighted by atomic mass is 79.9. The topological polar surface area (TPSA) is 85.6 Å². The van der Waals surface area contributed by atoms with Gasteiger partial charge in [0.1, 0.15) is 5.56 Å². The third kappa shape index (κ3) is 3.07. The van der Waals surface area contributed by atoms with Crippen molar-refractivity contribution in [3.05, 3.63) is 58.5 Å². The van der Waals surface area contributed by atoms with Crippen molar-refractivity contribution in [3.63, 3.8) is 0 Å². The zero-order valence-electron chi connectivity index (χ0n) is 12.0. The third-order valence-corrected chi connectivity index (χ3v) is 3.65. The molecule has 0 saturated heterocycles. The van der Waals surface area contributed by atoms with Gasteiger partial charge in [-0.25, -0.2) is 14.3 Å². The maximum absolute atomic E-state index is 12.2. The van der Waals surface area contributed by atoms with Crippen LogP contribution in [0.1, 0.15) is 20.7 Å². The number of benzene rings is 1. The lowest BCUT2D eigenvalue weighted by Gasteiger charge is -2.05. The molecule has 2 heterocycles. The van der Waals surface area contributed by atoms with Crippen molar-refractivity contribution in [2.45, 2.75) is 0 Å². The number of hydrogen-bond acceptors (Lipinski definition) is 5. The molecule has 0 radical (unpaired) electrons. The summed E-state index contributed by atoms with van der Waals surface area (Å²) < 4.78 is 6.96. The number of carbonyl (C=O) groups is 2. The zero-order chi connectivity index (χ0) is 16.4. The van der Waals surface area contributed by atoms with Gasteiger partial charge in [-0.1, -0.05) is 15.9 Å². The Hall–Kier alpha value is -2.74. The Balaban J connectivity index is 1.85. The Morgan fingerprint density at radius 3 is 2.65 bits per heavy atom. The Morgan fingerprint density at radius 1 is 1.22 bits per heavy atom. The molecule has 0 atom stereocenters. The number of anilines is 1. The molecule has 0 bridgehead atoms. The van der Waals surface area contributed by atoms with E-state index in [1.165, 1.54) is 24.0 Å². The number of hydrogen-bond donors (Lipinski definition) is 1. The van der Waals surface area contributed by atoms with Crippen LogP contribution in [-0.2, 0) is 4.74 Å². The van der Waals surface area contributed by atoms with Gasteiger partial charge in [-0.05, 0) is 24.3 Å². The van der Waals surface area contributed by atoms with Gasteiger partial charge in [0.2, 0.25) is 0 Å². The van der Waals surface area contributed by atoms with Crippen LogP contribution >= 0.6 is 15.9 Å². The van der Waals surface area contributed by atoms with Gasteiger partial charge in [-0.2, -0.15) is 5.10 Å². The first-order valence-corrected chi connectivity index (χ1v) is 7.36. The molecule has 1 amide bonds. The summed E-state index contributed by atoms with van der Waals surface area (Å²) in [4.78, 5) is 27.9. The lowest BCUT2D eigenvalue weighted by molar-refractivity contribution is 0.0602. The fraction of sp³-hybridized carbons (Fsp3) is 0.0667. The molecule has 0 saturated carbocycles. The second-order valence-electron chi connectivity index (χ2n) is 4.62. The molecule has 0 aliphatic rings. The highest BCUT2D eigenvalue weighted by Gasteiger charge is 2.15. The first-order chi connectivity index (χ1) is 11.1. The second-order valence-corrected chi connectivity index (χ2v) is 5.54. The number of ether oxygens (including phenoxy) is 1. The maximum Gasteiger partial charge on any atom is 0.343 e. The van der Waals surface area contributed by atoms with Crippen molar-refractivity contribution < 1.29 is 14.3 Å². The van der Waals surface area contributed by atoms with Gasteiger partial charge in [0, 0.05) is 10.0 Å². The summed E-state index contributed by atoms with van der Waals surface area (Å²) in [5.74, 6) is -0.779. The number of nitrogens with zero attached hydrogens (tertiary/aromatic N) is 3. The number of amides is 1. The molecule has 0 aliphatic carbocycles.